The van der Waals surface area contributed by atoms with E-state index in [1.165, 1.54) is 19.3 Å². The molecule has 0 radical (unpaired) electrons. The second kappa shape index (κ2) is 2.81. The predicted molar refractivity (Wildman–Crippen MR) is 44.2 cm³/mol. The third-order valence-electron chi connectivity index (χ3n) is 2.30. The van der Waals surface area contributed by atoms with E-state index in [-0.39, 0.29) is 0 Å². The average Bonchev–Trinajstić information content (AvgIpc) is 2.25. The van der Waals surface area contributed by atoms with E-state index < -0.39 is 0 Å². The summed E-state index contributed by atoms with van der Waals surface area (Å²) in [6.07, 6.45) is 4.03. The molecule has 3 heteroatoms. The number of hydrogen-bond acceptors (Lipinski definition) is 3. The van der Waals surface area contributed by atoms with E-state index in [1.807, 2.05) is 13.8 Å². The van der Waals surface area contributed by atoms with Gasteiger partial charge < -0.3 is 9.26 Å². The fraction of sp³-hybridized carbons (Fsp3) is 0.667. The van der Waals surface area contributed by atoms with Gasteiger partial charge in [-0.3, -0.25) is 0 Å². The van der Waals surface area contributed by atoms with Gasteiger partial charge in [-0.1, -0.05) is 5.16 Å². The van der Waals surface area contributed by atoms with Crippen LogP contribution in [0.5, 0.6) is 5.75 Å². The maximum Gasteiger partial charge on any atom is 0.184 e. The van der Waals surface area contributed by atoms with Gasteiger partial charge in [0.15, 0.2) is 11.5 Å². The van der Waals surface area contributed by atoms with Crippen molar-refractivity contribution >= 4 is 0 Å². The van der Waals surface area contributed by atoms with Gasteiger partial charge in [-0.05, 0) is 26.2 Å². The van der Waals surface area contributed by atoms with Crippen LogP contribution < -0.4 is 4.74 Å². The van der Waals surface area contributed by atoms with Crippen LogP contribution in [0.15, 0.2) is 4.52 Å². The van der Waals surface area contributed by atoms with Crippen molar-refractivity contribution in [3.8, 4) is 5.75 Å². The van der Waals surface area contributed by atoms with E-state index in [1.54, 1.807) is 0 Å². The fourth-order valence-corrected chi connectivity index (χ4v) is 1.30. The molecule has 0 aliphatic heterocycles. The minimum Gasteiger partial charge on any atom is -0.485 e. The molecule has 1 fully saturated rings. The Kier molecular flexibility index (Phi) is 1.79. The number of rotatable bonds is 2. The van der Waals surface area contributed by atoms with Crippen molar-refractivity contribution in [3.63, 3.8) is 0 Å². The Bertz CT molecular complexity index is 257. The predicted octanol–water partition coefficient (Wildman–Crippen LogP) is 2.22. The second-order valence-corrected chi connectivity index (χ2v) is 3.32. The molecule has 0 aromatic carbocycles. The first-order chi connectivity index (χ1) is 5.77. The molecule has 0 N–H and O–H groups in total. The number of ether oxygens (including phenoxy) is 1. The van der Waals surface area contributed by atoms with Gasteiger partial charge in [0.1, 0.15) is 5.69 Å². The molecule has 2 rings (SSSR count). The summed E-state index contributed by atoms with van der Waals surface area (Å²) in [5, 5.41) is 3.83. The molecule has 0 amide bonds. The lowest BCUT2D eigenvalue weighted by Crippen LogP contribution is -2.24. The number of hydrogen-bond donors (Lipinski definition) is 0. The van der Waals surface area contributed by atoms with Crippen molar-refractivity contribution in [2.75, 3.05) is 0 Å². The van der Waals surface area contributed by atoms with Crippen LogP contribution in [0.3, 0.4) is 0 Å². The third kappa shape index (κ3) is 1.19. The Labute approximate surface area is 71.7 Å². The van der Waals surface area contributed by atoms with Gasteiger partial charge in [0.05, 0.1) is 6.10 Å². The van der Waals surface area contributed by atoms with E-state index in [0.29, 0.717) is 6.10 Å². The summed E-state index contributed by atoms with van der Waals surface area (Å²) >= 11 is 0. The Morgan fingerprint density at radius 3 is 2.58 bits per heavy atom. The average molecular weight is 167 g/mol. The lowest BCUT2D eigenvalue weighted by molar-refractivity contribution is 0.117. The van der Waals surface area contributed by atoms with Crippen LogP contribution in [0.4, 0.5) is 0 Å². The summed E-state index contributed by atoms with van der Waals surface area (Å²) in [6.45, 7) is 3.79. The zero-order valence-corrected chi connectivity index (χ0v) is 7.46. The third-order valence-corrected chi connectivity index (χ3v) is 2.30. The molecule has 0 saturated heterocycles. The molecule has 0 spiro atoms. The highest BCUT2D eigenvalue weighted by Crippen LogP contribution is 2.29. The van der Waals surface area contributed by atoms with E-state index in [4.69, 9.17) is 9.26 Å². The van der Waals surface area contributed by atoms with E-state index >= 15 is 0 Å². The van der Waals surface area contributed by atoms with Gasteiger partial charge in [-0.25, -0.2) is 0 Å². The standard InChI is InChI=1S/C9H13NO2/c1-6-9(7(2)12-10-6)11-8-4-3-5-8/h8H,3-5H2,1-2H3. The Hall–Kier alpha value is -0.990. The fourth-order valence-electron chi connectivity index (χ4n) is 1.30. The highest BCUT2D eigenvalue weighted by Gasteiger charge is 2.22. The Balaban J connectivity index is 2.10. The lowest BCUT2D eigenvalue weighted by Gasteiger charge is -2.25. The van der Waals surface area contributed by atoms with E-state index in [0.717, 1.165) is 17.2 Å². The van der Waals surface area contributed by atoms with Crippen LogP contribution in [-0.4, -0.2) is 11.3 Å². The zero-order chi connectivity index (χ0) is 8.55. The summed E-state index contributed by atoms with van der Waals surface area (Å²) in [4.78, 5) is 0. The van der Waals surface area contributed by atoms with Crippen LogP contribution in [0.2, 0.25) is 0 Å². The zero-order valence-electron chi connectivity index (χ0n) is 7.46. The minimum atomic E-state index is 0.404. The summed E-state index contributed by atoms with van der Waals surface area (Å²) < 4.78 is 10.7. The summed E-state index contributed by atoms with van der Waals surface area (Å²) in [6, 6.07) is 0. The van der Waals surface area contributed by atoms with Crippen molar-refractivity contribution in [1.82, 2.24) is 5.16 Å². The van der Waals surface area contributed by atoms with Crippen molar-refractivity contribution in [1.29, 1.82) is 0 Å². The monoisotopic (exact) mass is 167 g/mol. The van der Waals surface area contributed by atoms with Crippen LogP contribution in [0.25, 0.3) is 0 Å². The quantitative estimate of drug-likeness (QED) is 0.677. The minimum absolute atomic E-state index is 0.404. The maximum absolute atomic E-state index is 5.70. The SMILES string of the molecule is Cc1noc(C)c1OC1CCC1. The molecule has 1 aromatic rings. The molecule has 3 nitrogen and oxygen atoms in total. The Morgan fingerprint density at radius 2 is 2.17 bits per heavy atom. The highest BCUT2D eigenvalue weighted by molar-refractivity contribution is 5.28. The Morgan fingerprint density at radius 1 is 1.42 bits per heavy atom. The van der Waals surface area contributed by atoms with Crippen molar-refractivity contribution in [2.24, 2.45) is 0 Å². The van der Waals surface area contributed by atoms with Gasteiger partial charge >= 0.3 is 0 Å². The molecule has 1 saturated carbocycles. The molecular weight excluding hydrogens is 154 g/mol. The van der Waals surface area contributed by atoms with Crippen LogP contribution in [-0.2, 0) is 0 Å². The first-order valence-corrected chi connectivity index (χ1v) is 4.37. The number of aromatic nitrogens is 1. The van der Waals surface area contributed by atoms with Crippen LogP contribution in [0.1, 0.15) is 30.7 Å². The largest absolute Gasteiger partial charge is 0.485 e. The molecule has 1 aliphatic carbocycles. The van der Waals surface area contributed by atoms with Crippen LogP contribution >= 0.6 is 0 Å². The van der Waals surface area contributed by atoms with Crippen molar-refractivity contribution in [2.45, 2.75) is 39.2 Å². The molecule has 1 aliphatic rings. The van der Waals surface area contributed by atoms with Crippen molar-refractivity contribution < 1.29 is 9.26 Å². The molecule has 0 bridgehead atoms. The second-order valence-electron chi connectivity index (χ2n) is 3.32. The molecule has 1 aromatic heterocycles. The number of nitrogens with zero attached hydrogens (tertiary/aromatic N) is 1. The molecule has 12 heavy (non-hydrogen) atoms. The van der Waals surface area contributed by atoms with E-state index in [9.17, 15) is 0 Å². The smallest absolute Gasteiger partial charge is 0.184 e. The van der Waals surface area contributed by atoms with Gasteiger partial charge in [0.25, 0.3) is 0 Å². The lowest BCUT2D eigenvalue weighted by atomic mass is 9.96. The normalized spacial score (nSPS) is 17.5. The summed E-state index contributed by atoms with van der Waals surface area (Å²) in [7, 11) is 0. The molecule has 66 valence electrons. The molecule has 0 unspecified atom stereocenters. The van der Waals surface area contributed by atoms with Gasteiger partial charge in [0, 0.05) is 6.92 Å². The summed E-state index contributed by atoms with van der Waals surface area (Å²) in [5.74, 6) is 1.64. The van der Waals surface area contributed by atoms with Crippen LogP contribution in [0, 0.1) is 13.8 Å². The summed E-state index contributed by atoms with van der Waals surface area (Å²) in [5.41, 5.74) is 0.861. The van der Waals surface area contributed by atoms with E-state index in [2.05, 4.69) is 5.16 Å². The first kappa shape index (κ1) is 7.65. The molecule has 1 heterocycles. The van der Waals surface area contributed by atoms with Gasteiger partial charge in [-0.2, -0.15) is 0 Å². The first-order valence-electron chi connectivity index (χ1n) is 4.37. The molecular formula is C9H13NO2. The number of aryl methyl sites for hydroxylation is 2. The van der Waals surface area contributed by atoms with Gasteiger partial charge in [-0.15, -0.1) is 0 Å². The van der Waals surface area contributed by atoms with Crippen molar-refractivity contribution in [3.05, 3.63) is 11.5 Å². The molecule has 0 atom stereocenters. The topological polar surface area (TPSA) is 35.3 Å². The highest BCUT2D eigenvalue weighted by atomic mass is 16.5. The maximum atomic E-state index is 5.70. The van der Waals surface area contributed by atoms with Gasteiger partial charge in [0.2, 0.25) is 0 Å².